The third-order valence-electron chi connectivity index (χ3n) is 6.45. The van der Waals surface area contributed by atoms with Gasteiger partial charge in [0.2, 0.25) is 5.91 Å². The second-order valence-electron chi connectivity index (χ2n) is 8.31. The van der Waals surface area contributed by atoms with Gasteiger partial charge in [0.15, 0.2) is 0 Å². The van der Waals surface area contributed by atoms with Crippen LogP contribution in [0.4, 0.5) is 5.82 Å². The molecule has 2 saturated heterocycles. The second kappa shape index (κ2) is 8.31. The first-order valence-corrected chi connectivity index (χ1v) is 10.8. The number of fused-ring (bicyclic) bond motifs is 2. The number of carbonyl (C=O) groups is 1. The van der Waals surface area contributed by atoms with Gasteiger partial charge >= 0.3 is 0 Å². The van der Waals surface area contributed by atoms with Crippen LogP contribution in [0, 0.1) is 17.2 Å². The van der Waals surface area contributed by atoms with Crippen molar-refractivity contribution in [3.05, 3.63) is 60.0 Å². The van der Waals surface area contributed by atoms with E-state index in [9.17, 15) is 4.79 Å². The number of para-hydroxylation sites is 1. The van der Waals surface area contributed by atoms with E-state index in [2.05, 4.69) is 36.9 Å². The number of benzene rings is 1. The second-order valence-corrected chi connectivity index (χ2v) is 8.31. The van der Waals surface area contributed by atoms with Crippen molar-refractivity contribution < 1.29 is 4.79 Å². The summed E-state index contributed by atoms with van der Waals surface area (Å²) in [6.07, 6.45) is 8.74. The van der Waals surface area contributed by atoms with Crippen LogP contribution in [-0.4, -0.2) is 51.4 Å². The summed E-state index contributed by atoms with van der Waals surface area (Å²) >= 11 is 0. The average Bonchev–Trinajstić information content (AvgIpc) is 3.14. The van der Waals surface area contributed by atoms with Gasteiger partial charge in [-0.05, 0) is 49.4 Å². The fourth-order valence-electron chi connectivity index (χ4n) is 4.89. The van der Waals surface area contributed by atoms with Gasteiger partial charge in [-0.2, -0.15) is 5.26 Å². The van der Waals surface area contributed by atoms with Crippen LogP contribution in [0.5, 0.6) is 0 Å². The van der Waals surface area contributed by atoms with Gasteiger partial charge in [0.25, 0.3) is 0 Å². The number of nitrogens with zero attached hydrogens (tertiary/aromatic N) is 6. The van der Waals surface area contributed by atoms with Crippen LogP contribution in [0.25, 0.3) is 11.0 Å². The quantitative estimate of drug-likeness (QED) is 0.640. The van der Waals surface area contributed by atoms with Crippen molar-refractivity contribution in [2.75, 3.05) is 24.5 Å². The smallest absolute Gasteiger partial charge is 0.226 e. The summed E-state index contributed by atoms with van der Waals surface area (Å²) in [5, 5.41) is 8.96. The molecular formula is C24H24N6O. The van der Waals surface area contributed by atoms with Crippen LogP contribution >= 0.6 is 0 Å². The number of nitriles is 1. The summed E-state index contributed by atoms with van der Waals surface area (Å²) in [5.41, 5.74) is 3.65. The Balaban J connectivity index is 1.20. The van der Waals surface area contributed by atoms with E-state index in [-0.39, 0.29) is 12.0 Å². The number of aromatic nitrogens is 3. The number of rotatable bonds is 5. The maximum atomic E-state index is 13.0. The minimum Gasteiger partial charge on any atom is -0.353 e. The van der Waals surface area contributed by atoms with Crippen LogP contribution in [0.15, 0.2) is 48.9 Å². The van der Waals surface area contributed by atoms with Crippen LogP contribution in [0.3, 0.4) is 0 Å². The highest BCUT2D eigenvalue weighted by Gasteiger charge is 2.42. The number of aryl methyl sites for hydroxylation is 1. The van der Waals surface area contributed by atoms with Gasteiger partial charge in [0, 0.05) is 44.1 Å². The highest BCUT2D eigenvalue weighted by atomic mass is 16.2. The molecule has 156 valence electrons. The van der Waals surface area contributed by atoms with E-state index < -0.39 is 0 Å². The van der Waals surface area contributed by atoms with Crippen molar-refractivity contribution >= 4 is 22.8 Å². The summed E-state index contributed by atoms with van der Waals surface area (Å²) in [6, 6.07) is 12.2. The number of anilines is 1. The molecule has 0 saturated carbocycles. The fourth-order valence-corrected chi connectivity index (χ4v) is 4.89. The van der Waals surface area contributed by atoms with E-state index in [4.69, 9.17) is 5.26 Å². The van der Waals surface area contributed by atoms with E-state index in [0.717, 1.165) is 62.2 Å². The maximum absolute atomic E-state index is 13.0. The maximum Gasteiger partial charge on any atom is 0.226 e. The lowest BCUT2D eigenvalue weighted by Crippen LogP contribution is -2.51. The summed E-state index contributed by atoms with van der Waals surface area (Å²) in [5.74, 6) is 1.28. The summed E-state index contributed by atoms with van der Waals surface area (Å²) in [7, 11) is 0. The Morgan fingerprint density at radius 3 is 2.84 bits per heavy atom. The molecule has 31 heavy (non-hydrogen) atoms. The molecule has 0 aliphatic carbocycles. The molecule has 0 spiro atoms. The lowest BCUT2D eigenvalue weighted by molar-refractivity contribution is -0.132. The fraction of sp³-hybridized carbons (Fsp3) is 0.375. The molecule has 3 aromatic rings. The Bertz CT molecular complexity index is 1130. The Hall–Kier alpha value is -3.53. The van der Waals surface area contributed by atoms with E-state index in [1.807, 2.05) is 18.2 Å². The van der Waals surface area contributed by atoms with Gasteiger partial charge in [-0.15, -0.1) is 0 Å². The molecule has 2 atom stereocenters. The first-order chi connectivity index (χ1) is 15.2. The first kappa shape index (κ1) is 19.4. The highest BCUT2D eigenvalue weighted by Crippen LogP contribution is 2.32. The summed E-state index contributed by atoms with van der Waals surface area (Å²) < 4.78 is 0. The van der Waals surface area contributed by atoms with Crippen molar-refractivity contribution in [3.8, 4) is 6.07 Å². The lowest BCUT2D eigenvalue weighted by atomic mass is 9.96. The number of amides is 1. The van der Waals surface area contributed by atoms with Crippen LogP contribution in [-0.2, 0) is 11.2 Å². The number of pyridine rings is 1. The summed E-state index contributed by atoms with van der Waals surface area (Å²) in [6.45, 7) is 2.32. The normalized spacial score (nSPS) is 20.7. The molecule has 1 amide bonds. The Kier molecular flexibility index (Phi) is 5.21. The molecule has 0 radical (unpaired) electrons. The Morgan fingerprint density at radius 2 is 2.00 bits per heavy atom. The van der Waals surface area contributed by atoms with Crippen molar-refractivity contribution in [1.29, 1.82) is 5.26 Å². The molecule has 0 N–H and O–H groups in total. The monoisotopic (exact) mass is 412 g/mol. The largest absolute Gasteiger partial charge is 0.353 e. The highest BCUT2D eigenvalue weighted by molar-refractivity contribution is 5.82. The van der Waals surface area contributed by atoms with Crippen LogP contribution < -0.4 is 4.90 Å². The molecule has 2 aliphatic heterocycles. The van der Waals surface area contributed by atoms with E-state index in [1.54, 1.807) is 24.7 Å². The van der Waals surface area contributed by atoms with E-state index in [1.165, 1.54) is 5.56 Å². The minimum absolute atomic E-state index is 0.0972. The van der Waals surface area contributed by atoms with Gasteiger partial charge in [-0.1, -0.05) is 12.1 Å². The molecule has 0 bridgehead atoms. The predicted molar refractivity (Wildman–Crippen MR) is 117 cm³/mol. The van der Waals surface area contributed by atoms with Gasteiger partial charge in [0.1, 0.15) is 11.9 Å². The van der Waals surface area contributed by atoms with Gasteiger partial charge in [-0.3, -0.25) is 14.8 Å². The molecule has 7 heteroatoms. The van der Waals surface area contributed by atoms with Crippen molar-refractivity contribution in [2.45, 2.75) is 31.7 Å². The zero-order chi connectivity index (χ0) is 21.2. The Morgan fingerprint density at radius 1 is 1.10 bits per heavy atom. The first-order valence-electron chi connectivity index (χ1n) is 10.8. The van der Waals surface area contributed by atoms with Crippen LogP contribution in [0.2, 0.25) is 0 Å². The van der Waals surface area contributed by atoms with Crippen molar-refractivity contribution in [1.82, 2.24) is 19.9 Å². The number of hydrogen-bond acceptors (Lipinski definition) is 6. The molecule has 0 unspecified atom stereocenters. The number of piperazine rings is 1. The molecular weight excluding hydrogens is 388 g/mol. The predicted octanol–water partition coefficient (Wildman–Crippen LogP) is 2.96. The average molecular weight is 412 g/mol. The third kappa shape index (κ3) is 3.81. The molecule has 4 heterocycles. The lowest BCUT2D eigenvalue weighted by Gasteiger charge is -2.38. The molecule has 2 fully saturated rings. The van der Waals surface area contributed by atoms with Gasteiger partial charge in [-0.25, -0.2) is 4.98 Å². The van der Waals surface area contributed by atoms with Crippen LogP contribution in [0.1, 0.15) is 30.4 Å². The zero-order valence-electron chi connectivity index (χ0n) is 17.3. The molecule has 5 rings (SSSR count). The van der Waals surface area contributed by atoms with Crippen molar-refractivity contribution in [3.63, 3.8) is 0 Å². The molecule has 1 aromatic carbocycles. The molecule has 2 aliphatic rings. The van der Waals surface area contributed by atoms with E-state index in [0.29, 0.717) is 11.5 Å². The standard InChI is InChI=1S/C24H24N6O/c25-14-17-7-8-22(28-15-17)29-11-12-30-20(16-29)13-19(24(30)31)5-1-3-18-4-2-6-21-23(18)27-10-9-26-21/h2,4,6-10,15,19-20H,1,3,5,11-13,16H2/t19-,20-/m0/s1. The van der Waals surface area contributed by atoms with Gasteiger partial charge < -0.3 is 9.80 Å². The SMILES string of the molecule is N#Cc1ccc(N2CCN3C(=O)[C@@H](CCCc4cccc5nccnc45)C[C@H]3C2)nc1. The number of carbonyl (C=O) groups excluding carboxylic acids is 1. The zero-order valence-corrected chi connectivity index (χ0v) is 17.3. The van der Waals surface area contributed by atoms with E-state index >= 15 is 0 Å². The summed E-state index contributed by atoms with van der Waals surface area (Å²) in [4.78, 5) is 30.5. The number of hydrogen-bond donors (Lipinski definition) is 0. The van der Waals surface area contributed by atoms with Crippen molar-refractivity contribution in [2.24, 2.45) is 5.92 Å². The topological polar surface area (TPSA) is 86.0 Å². The Labute approximate surface area is 181 Å². The molecule has 2 aromatic heterocycles. The third-order valence-corrected chi connectivity index (χ3v) is 6.45. The molecule has 7 nitrogen and oxygen atoms in total. The van der Waals surface area contributed by atoms with Gasteiger partial charge in [0.05, 0.1) is 22.6 Å². The minimum atomic E-state index is 0.0972.